The quantitative estimate of drug-likeness (QED) is 0.539. The maximum Gasteiger partial charge on any atom is 0.192 e. The van der Waals surface area contributed by atoms with Crippen LogP contribution in [0.25, 0.3) is 0 Å². The van der Waals surface area contributed by atoms with E-state index in [-0.39, 0.29) is 0 Å². The number of benzene rings is 1. The van der Waals surface area contributed by atoms with Crippen LogP contribution in [-0.4, -0.2) is 13.0 Å². The van der Waals surface area contributed by atoms with E-state index in [2.05, 4.69) is 16.4 Å². The van der Waals surface area contributed by atoms with E-state index in [0.29, 0.717) is 12.4 Å². The van der Waals surface area contributed by atoms with Crippen LogP contribution in [0.4, 0.5) is 5.69 Å². The van der Waals surface area contributed by atoms with Crippen molar-refractivity contribution in [3.8, 4) is 6.07 Å². The van der Waals surface area contributed by atoms with Gasteiger partial charge in [0.25, 0.3) is 0 Å². The molecule has 3 N–H and O–H groups in total. The summed E-state index contributed by atoms with van der Waals surface area (Å²) in [6.45, 7) is 0. The normalized spacial score (nSPS) is 10.7. The van der Waals surface area contributed by atoms with E-state index < -0.39 is 0 Å². The average Bonchev–Trinajstić information content (AvgIpc) is 2.19. The second-order valence-corrected chi connectivity index (χ2v) is 2.77. The van der Waals surface area contributed by atoms with Gasteiger partial charge in [-0.05, 0) is 17.7 Å². The molecule has 0 heterocycles. The highest BCUT2D eigenvalue weighted by atomic mass is 15.1. The molecule has 4 nitrogen and oxygen atoms in total. The number of hydrogen-bond donors (Lipinski definition) is 2. The summed E-state index contributed by atoms with van der Waals surface area (Å²) >= 11 is 0. The Morgan fingerprint density at radius 2 is 2.43 bits per heavy atom. The summed E-state index contributed by atoms with van der Waals surface area (Å²) in [7, 11) is 1.61. The van der Waals surface area contributed by atoms with Gasteiger partial charge in [-0.25, -0.2) is 0 Å². The van der Waals surface area contributed by atoms with Crippen molar-refractivity contribution in [2.45, 2.75) is 6.42 Å². The van der Waals surface area contributed by atoms with Gasteiger partial charge in [0, 0.05) is 12.7 Å². The number of rotatable bonds is 2. The highest BCUT2D eigenvalue weighted by Gasteiger charge is 1.96. The molecular weight excluding hydrogens is 176 g/mol. The number of guanidine groups is 1. The first kappa shape index (κ1) is 10.1. The van der Waals surface area contributed by atoms with E-state index in [9.17, 15) is 0 Å². The van der Waals surface area contributed by atoms with Gasteiger partial charge in [0.05, 0.1) is 12.5 Å². The minimum Gasteiger partial charge on any atom is -0.370 e. The van der Waals surface area contributed by atoms with Crippen LogP contribution < -0.4 is 11.1 Å². The van der Waals surface area contributed by atoms with E-state index in [0.717, 1.165) is 11.3 Å². The molecule has 0 saturated heterocycles. The van der Waals surface area contributed by atoms with Gasteiger partial charge in [0.15, 0.2) is 5.96 Å². The van der Waals surface area contributed by atoms with E-state index >= 15 is 0 Å². The predicted molar refractivity (Wildman–Crippen MR) is 56.9 cm³/mol. The summed E-state index contributed by atoms with van der Waals surface area (Å²) in [5.41, 5.74) is 7.31. The molecule has 72 valence electrons. The van der Waals surface area contributed by atoms with Crippen molar-refractivity contribution < 1.29 is 0 Å². The third-order valence-electron chi connectivity index (χ3n) is 1.72. The summed E-state index contributed by atoms with van der Waals surface area (Å²) in [4.78, 5) is 3.78. The minimum atomic E-state index is 0.360. The summed E-state index contributed by atoms with van der Waals surface area (Å²) in [6.07, 6.45) is 0.401. The third kappa shape index (κ3) is 2.79. The minimum absolute atomic E-state index is 0.360. The summed E-state index contributed by atoms with van der Waals surface area (Å²) in [5, 5.41) is 11.4. The monoisotopic (exact) mass is 188 g/mol. The van der Waals surface area contributed by atoms with Crippen molar-refractivity contribution in [2.24, 2.45) is 10.7 Å². The molecule has 0 saturated carbocycles. The first-order valence-corrected chi connectivity index (χ1v) is 4.21. The molecular formula is C10H12N4. The first-order valence-electron chi connectivity index (χ1n) is 4.21. The maximum absolute atomic E-state index is 8.52. The SMILES string of the molecule is CN=C(N)Nc1cccc(CC#N)c1. The zero-order valence-electron chi connectivity index (χ0n) is 7.99. The maximum atomic E-state index is 8.52. The molecule has 0 amide bonds. The molecule has 1 rings (SSSR count). The van der Waals surface area contributed by atoms with Crippen LogP contribution >= 0.6 is 0 Å². The zero-order valence-corrected chi connectivity index (χ0v) is 7.99. The van der Waals surface area contributed by atoms with Gasteiger partial charge < -0.3 is 11.1 Å². The molecule has 0 radical (unpaired) electrons. The lowest BCUT2D eigenvalue weighted by Gasteiger charge is -2.05. The Morgan fingerprint density at radius 1 is 1.64 bits per heavy atom. The van der Waals surface area contributed by atoms with Gasteiger partial charge in [-0.15, -0.1) is 0 Å². The molecule has 14 heavy (non-hydrogen) atoms. The topological polar surface area (TPSA) is 74.2 Å². The molecule has 0 aliphatic carbocycles. The van der Waals surface area contributed by atoms with Gasteiger partial charge in [0.1, 0.15) is 0 Å². The smallest absolute Gasteiger partial charge is 0.192 e. The number of nitrogens with two attached hydrogens (primary N) is 1. The number of anilines is 1. The Balaban J connectivity index is 2.79. The van der Waals surface area contributed by atoms with Gasteiger partial charge in [-0.1, -0.05) is 12.1 Å². The number of nitrogens with one attached hydrogen (secondary N) is 1. The average molecular weight is 188 g/mol. The van der Waals surface area contributed by atoms with Crippen LogP contribution in [-0.2, 0) is 6.42 Å². The molecule has 0 fully saturated rings. The number of hydrogen-bond acceptors (Lipinski definition) is 2. The van der Waals surface area contributed by atoms with Gasteiger partial charge in [-0.2, -0.15) is 5.26 Å². The summed E-state index contributed by atoms with van der Waals surface area (Å²) in [5.74, 6) is 0.360. The molecule has 0 aromatic heterocycles. The molecule has 0 unspecified atom stereocenters. The van der Waals surface area contributed by atoms with E-state index in [1.165, 1.54) is 0 Å². The fourth-order valence-electron chi connectivity index (χ4n) is 1.05. The highest BCUT2D eigenvalue weighted by molar-refractivity contribution is 5.92. The van der Waals surface area contributed by atoms with Crippen molar-refractivity contribution in [1.29, 1.82) is 5.26 Å². The van der Waals surface area contributed by atoms with Crippen molar-refractivity contribution in [2.75, 3.05) is 12.4 Å². The van der Waals surface area contributed by atoms with Crippen molar-refractivity contribution in [1.82, 2.24) is 0 Å². The second kappa shape index (κ2) is 4.87. The Hall–Kier alpha value is -2.02. The van der Waals surface area contributed by atoms with Crippen LogP contribution in [0.15, 0.2) is 29.3 Å². The summed E-state index contributed by atoms with van der Waals surface area (Å²) in [6, 6.07) is 9.61. The van der Waals surface area contributed by atoms with Gasteiger partial charge in [-0.3, -0.25) is 4.99 Å². The fourth-order valence-corrected chi connectivity index (χ4v) is 1.05. The lowest BCUT2D eigenvalue weighted by atomic mass is 10.1. The Bertz CT molecular complexity index is 376. The lowest BCUT2D eigenvalue weighted by molar-refractivity contribution is 1.26. The molecule has 0 bridgehead atoms. The van der Waals surface area contributed by atoms with Crippen LogP contribution in [0.5, 0.6) is 0 Å². The van der Waals surface area contributed by atoms with Crippen LogP contribution in [0.3, 0.4) is 0 Å². The number of aliphatic imine (C=N–C) groups is 1. The number of nitrogens with zero attached hydrogens (tertiary/aromatic N) is 2. The molecule has 0 aliphatic rings. The van der Waals surface area contributed by atoms with Gasteiger partial charge in [0.2, 0.25) is 0 Å². The van der Waals surface area contributed by atoms with Gasteiger partial charge >= 0.3 is 0 Å². The van der Waals surface area contributed by atoms with Crippen LogP contribution in [0.1, 0.15) is 5.56 Å². The molecule has 0 spiro atoms. The number of nitriles is 1. The second-order valence-electron chi connectivity index (χ2n) is 2.77. The first-order chi connectivity index (χ1) is 6.76. The Kier molecular flexibility index (Phi) is 3.50. The van der Waals surface area contributed by atoms with Crippen molar-refractivity contribution >= 4 is 11.6 Å². The standard InChI is InChI=1S/C10H12N4/c1-13-10(12)14-9-4-2-3-8(7-9)5-6-11/h2-4,7H,5H2,1H3,(H3,12,13,14). The molecule has 1 aromatic rings. The van der Waals surface area contributed by atoms with Crippen LogP contribution in [0, 0.1) is 11.3 Å². The third-order valence-corrected chi connectivity index (χ3v) is 1.72. The molecule has 0 atom stereocenters. The molecule has 4 heteroatoms. The van der Waals surface area contributed by atoms with Crippen molar-refractivity contribution in [3.05, 3.63) is 29.8 Å². The molecule has 0 aliphatic heterocycles. The summed E-state index contributed by atoms with van der Waals surface area (Å²) < 4.78 is 0. The Labute approximate surface area is 83.1 Å². The van der Waals surface area contributed by atoms with Crippen LogP contribution in [0.2, 0.25) is 0 Å². The van der Waals surface area contributed by atoms with E-state index in [4.69, 9.17) is 11.0 Å². The lowest BCUT2D eigenvalue weighted by Crippen LogP contribution is -2.21. The fraction of sp³-hybridized carbons (Fsp3) is 0.200. The Morgan fingerprint density at radius 3 is 3.07 bits per heavy atom. The highest BCUT2D eigenvalue weighted by Crippen LogP contribution is 2.10. The van der Waals surface area contributed by atoms with E-state index in [1.807, 2.05) is 24.3 Å². The molecule has 1 aromatic carbocycles. The van der Waals surface area contributed by atoms with Crippen molar-refractivity contribution in [3.63, 3.8) is 0 Å². The zero-order chi connectivity index (χ0) is 10.4. The largest absolute Gasteiger partial charge is 0.370 e. The van der Waals surface area contributed by atoms with E-state index in [1.54, 1.807) is 7.05 Å². The predicted octanol–water partition coefficient (Wildman–Crippen LogP) is 1.11.